The second-order valence-electron chi connectivity index (χ2n) is 6.49. The summed E-state index contributed by atoms with van der Waals surface area (Å²) in [7, 11) is 0. The lowest BCUT2D eigenvalue weighted by molar-refractivity contribution is 0.168. The van der Waals surface area contributed by atoms with E-state index in [-0.39, 0.29) is 0 Å². The predicted molar refractivity (Wildman–Crippen MR) is 86.8 cm³/mol. The third-order valence-corrected chi connectivity index (χ3v) is 4.45. The molecule has 1 saturated heterocycles. The summed E-state index contributed by atoms with van der Waals surface area (Å²) in [6.45, 7) is 10.5. The van der Waals surface area contributed by atoms with Gasteiger partial charge >= 0.3 is 0 Å². The number of hydrogen-bond donors (Lipinski definition) is 1. The Labute approximate surface area is 124 Å². The molecular weight excluding hydrogens is 244 g/mol. The SMILES string of the molecule is CCC(NC1CCCN(Cc2ccccc2)C1)C(C)C. The lowest BCUT2D eigenvalue weighted by Crippen LogP contribution is -2.50. The minimum absolute atomic E-state index is 0.664. The Balaban J connectivity index is 1.85. The van der Waals surface area contributed by atoms with Crippen molar-refractivity contribution in [2.75, 3.05) is 13.1 Å². The summed E-state index contributed by atoms with van der Waals surface area (Å²) in [5.74, 6) is 0.726. The first-order valence-corrected chi connectivity index (χ1v) is 8.21. The molecule has 0 aromatic heterocycles. The fourth-order valence-corrected chi connectivity index (χ4v) is 3.26. The van der Waals surface area contributed by atoms with Gasteiger partial charge in [-0.05, 0) is 37.3 Å². The number of rotatable bonds is 6. The van der Waals surface area contributed by atoms with Crippen LogP contribution in [0.5, 0.6) is 0 Å². The molecule has 0 amide bonds. The number of hydrogen-bond acceptors (Lipinski definition) is 2. The first-order valence-electron chi connectivity index (χ1n) is 8.21. The van der Waals surface area contributed by atoms with Crippen LogP contribution >= 0.6 is 0 Å². The molecular formula is C18H30N2. The minimum Gasteiger partial charge on any atom is -0.310 e. The molecule has 0 bridgehead atoms. The Kier molecular flexibility index (Phi) is 6.06. The van der Waals surface area contributed by atoms with Gasteiger partial charge in [0.05, 0.1) is 0 Å². The van der Waals surface area contributed by atoms with E-state index in [4.69, 9.17) is 0 Å². The number of nitrogens with zero attached hydrogens (tertiary/aromatic N) is 1. The molecule has 2 heteroatoms. The van der Waals surface area contributed by atoms with Crippen LogP contribution in [-0.2, 0) is 6.54 Å². The van der Waals surface area contributed by atoms with E-state index in [0.29, 0.717) is 12.1 Å². The van der Waals surface area contributed by atoms with Crippen LogP contribution in [0.1, 0.15) is 45.6 Å². The van der Waals surface area contributed by atoms with Crippen LogP contribution in [0.2, 0.25) is 0 Å². The molecule has 1 aliphatic heterocycles. The van der Waals surface area contributed by atoms with Crippen LogP contribution in [-0.4, -0.2) is 30.1 Å². The normalized spacial score (nSPS) is 22.1. The number of likely N-dealkylation sites (tertiary alicyclic amines) is 1. The van der Waals surface area contributed by atoms with Gasteiger partial charge in [0.25, 0.3) is 0 Å². The quantitative estimate of drug-likeness (QED) is 0.851. The molecule has 2 atom stereocenters. The van der Waals surface area contributed by atoms with Crippen molar-refractivity contribution < 1.29 is 0 Å². The summed E-state index contributed by atoms with van der Waals surface area (Å²) in [4.78, 5) is 2.60. The molecule has 2 rings (SSSR count). The van der Waals surface area contributed by atoms with Gasteiger partial charge in [0.2, 0.25) is 0 Å². The zero-order valence-electron chi connectivity index (χ0n) is 13.3. The lowest BCUT2D eigenvalue weighted by atomic mass is 9.98. The maximum Gasteiger partial charge on any atom is 0.0234 e. The topological polar surface area (TPSA) is 15.3 Å². The van der Waals surface area contributed by atoms with Gasteiger partial charge in [-0.1, -0.05) is 51.1 Å². The second-order valence-corrected chi connectivity index (χ2v) is 6.49. The lowest BCUT2D eigenvalue weighted by Gasteiger charge is -2.36. The first kappa shape index (κ1) is 15.5. The third-order valence-electron chi connectivity index (χ3n) is 4.45. The van der Waals surface area contributed by atoms with Crippen LogP contribution < -0.4 is 5.32 Å². The van der Waals surface area contributed by atoms with E-state index >= 15 is 0 Å². The fraction of sp³-hybridized carbons (Fsp3) is 0.667. The van der Waals surface area contributed by atoms with Gasteiger partial charge in [0.1, 0.15) is 0 Å². The van der Waals surface area contributed by atoms with Gasteiger partial charge in [-0.15, -0.1) is 0 Å². The molecule has 0 saturated carbocycles. The number of benzene rings is 1. The molecule has 1 heterocycles. The molecule has 112 valence electrons. The molecule has 1 aromatic rings. The maximum absolute atomic E-state index is 3.88. The van der Waals surface area contributed by atoms with Gasteiger partial charge in [0.15, 0.2) is 0 Å². The first-order chi connectivity index (χ1) is 9.69. The van der Waals surface area contributed by atoms with Gasteiger partial charge in [-0.3, -0.25) is 4.90 Å². The van der Waals surface area contributed by atoms with Crippen molar-refractivity contribution in [2.45, 2.75) is 58.7 Å². The van der Waals surface area contributed by atoms with Gasteiger partial charge < -0.3 is 5.32 Å². The van der Waals surface area contributed by atoms with Crippen molar-refractivity contribution in [1.82, 2.24) is 10.2 Å². The van der Waals surface area contributed by atoms with E-state index in [9.17, 15) is 0 Å². The fourth-order valence-electron chi connectivity index (χ4n) is 3.26. The molecule has 20 heavy (non-hydrogen) atoms. The molecule has 0 radical (unpaired) electrons. The highest BCUT2D eigenvalue weighted by molar-refractivity contribution is 5.14. The Morgan fingerprint density at radius 3 is 2.65 bits per heavy atom. The summed E-state index contributed by atoms with van der Waals surface area (Å²) in [6.07, 6.45) is 3.88. The van der Waals surface area contributed by atoms with Crippen LogP contribution in [0.3, 0.4) is 0 Å². The second kappa shape index (κ2) is 7.80. The van der Waals surface area contributed by atoms with Crippen molar-refractivity contribution >= 4 is 0 Å². The van der Waals surface area contributed by atoms with Crippen molar-refractivity contribution in [2.24, 2.45) is 5.92 Å². The molecule has 1 aliphatic rings. The summed E-state index contributed by atoms with van der Waals surface area (Å²) >= 11 is 0. The van der Waals surface area contributed by atoms with Crippen molar-refractivity contribution in [1.29, 1.82) is 0 Å². The molecule has 1 fully saturated rings. The van der Waals surface area contributed by atoms with E-state index in [1.807, 2.05) is 0 Å². The van der Waals surface area contributed by atoms with Crippen LogP contribution in [0, 0.1) is 5.92 Å². The van der Waals surface area contributed by atoms with E-state index in [2.05, 4.69) is 61.3 Å². The van der Waals surface area contributed by atoms with E-state index in [1.54, 1.807) is 0 Å². The zero-order valence-corrected chi connectivity index (χ0v) is 13.3. The molecule has 0 aliphatic carbocycles. The van der Waals surface area contributed by atoms with Crippen LogP contribution in [0.15, 0.2) is 30.3 Å². The molecule has 2 nitrogen and oxygen atoms in total. The Morgan fingerprint density at radius 2 is 2.00 bits per heavy atom. The average Bonchev–Trinajstić information content (AvgIpc) is 2.46. The monoisotopic (exact) mass is 274 g/mol. The Bertz CT molecular complexity index is 374. The van der Waals surface area contributed by atoms with Gasteiger partial charge in [-0.2, -0.15) is 0 Å². The van der Waals surface area contributed by atoms with E-state index in [1.165, 1.54) is 37.9 Å². The smallest absolute Gasteiger partial charge is 0.0234 e. The van der Waals surface area contributed by atoms with E-state index in [0.717, 1.165) is 12.5 Å². The molecule has 1 N–H and O–H groups in total. The van der Waals surface area contributed by atoms with Crippen molar-refractivity contribution in [3.8, 4) is 0 Å². The highest BCUT2D eigenvalue weighted by Gasteiger charge is 2.22. The molecule has 1 aromatic carbocycles. The summed E-state index contributed by atoms with van der Waals surface area (Å²) in [5, 5.41) is 3.88. The number of nitrogens with one attached hydrogen (secondary N) is 1. The molecule has 0 spiro atoms. The van der Waals surface area contributed by atoms with E-state index < -0.39 is 0 Å². The van der Waals surface area contributed by atoms with Crippen molar-refractivity contribution in [3.63, 3.8) is 0 Å². The standard InChI is InChI=1S/C18H30N2/c1-4-18(15(2)3)19-17-11-8-12-20(14-17)13-16-9-6-5-7-10-16/h5-7,9-10,15,17-19H,4,8,11-14H2,1-3H3. The zero-order chi connectivity index (χ0) is 14.4. The largest absolute Gasteiger partial charge is 0.310 e. The highest BCUT2D eigenvalue weighted by atomic mass is 15.2. The minimum atomic E-state index is 0.664. The van der Waals surface area contributed by atoms with Gasteiger partial charge in [0, 0.05) is 25.2 Å². The molecule has 2 unspecified atom stereocenters. The predicted octanol–water partition coefficient (Wildman–Crippen LogP) is 3.68. The average molecular weight is 274 g/mol. The summed E-state index contributed by atoms with van der Waals surface area (Å²) in [6, 6.07) is 12.2. The summed E-state index contributed by atoms with van der Waals surface area (Å²) < 4.78 is 0. The maximum atomic E-state index is 3.88. The Morgan fingerprint density at radius 1 is 1.25 bits per heavy atom. The van der Waals surface area contributed by atoms with Gasteiger partial charge in [-0.25, -0.2) is 0 Å². The van der Waals surface area contributed by atoms with Crippen LogP contribution in [0.25, 0.3) is 0 Å². The van der Waals surface area contributed by atoms with Crippen molar-refractivity contribution in [3.05, 3.63) is 35.9 Å². The summed E-state index contributed by atoms with van der Waals surface area (Å²) in [5.41, 5.74) is 1.43. The third kappa shape index (κ3) is 4.60. The number of piperidine rings is 1. The Hall–Kier alpha value is -0.860. The van der Waals surface area contributed by atoms with Crippen LogP contribution in [0.4, 0.5) is 0 Å². The highest BCUT2D eigenvalue weighted by Crippen LogP contribution is 2.16.